The molecule has 0 N–H and O–H groups in total. The first kappa shape index (κ1) is 15.7. The van der Waals surface area contributed by atoms with Crippen molar-refractivity contribution in [3.8, 4) is 0 Å². The fourth-order valence-electron chi connectivity index (χ4n) is 3.36. The maximum absolute atomic E-state index is 12.6. The van der Waals surface area contributed by atoms with Gasteiger partial charge in [0.1, 0.15) is 5.01 Å². The monoisotopic (exact) mass is 347 g/mol. The molecule has 0 bridgehead atoms. The zero-order valence-corrected chi connectivity index (χ0v) is 14.3. The highest BCUT2D eigenvalue weighted by molar-refractivity contribution is 7.09. The standard InChI is InChI=1S/C16H21N5O2S/c22-16(20-6-1-2-7-23-20)9-14-11-19(12-15-17-5-8-24-15)10-13-3-4-18-21(13)14/h3-5,8,14H,1-2,6-7,9-12H2. The number of amides is 1. The highest BCUT2D eigenvalue weighted by atomic mass is 32.1. The molecule has 1 saturated heterocycles. The predicted octanol–water partition coefficient (Wildman–Crippen LogP) is 1.84. The van der Waals surface area contributed by atoms with Crippen LogP contribution in [0.4, 0.5) is 0 Å². The maximum atomic E-state index is 12.6. The molecule has 4 rings (SSSR count). The summed E-state index contributed by atoms with van der Waals surface area (Å²) < 4.78 is 2.00. The third-order valence-electron chi connectivity index (χ3n) is 4.49. The Bertz CT molecular complexity index is 680. The van der Waals surface area contributed by atoms with Gasteiger partial charge in [-0.1, -0.05) is 0 Å². The van der Waals surface area contributed by atoms with Gasteiger partial charge in [-0.3, -0.25) is 19.2 Å². The number of hydrogen-bond acceptors (Lipinski definition) is 6. The van der Waals surface area contributed by atoms with E-state index in [1.54, 1.807) is 11.3 Å². The highest BCUT2D eigenvalue weighted by Crippen LogP contribution is 2.25. The molecule has 24 heavy (non-hydrogen) atoms. The molecule has 2 aromatic rings. The molecule has 0 spiro atoms. The minimum Gasteiger partial charge on any atom is -0.289 e. The molecule has 2 aromatic heterocycles. The van der Waals surface area contributed by atoms with Crippen molar-refractivity contribution in [1.82, 2.24) is 24.7 Å². The van der Waals surface area contributed by atoms with E-state index in [4.69, 9.17) is 4.84 Å². The minimum absolute atomic E-state index is 0.0433. The Labute approximate surface area is 144 Å². The average Bonchev–Trinajstić information content (AvgIpc) is 3.27. The fraction of sp³-hybridized carbons (Fsp3) is 0.562. The lowest BCUT2D eigenvalue weighted by atomic mass is 10.1. The van der Waals surface area contributed by atoms with Gasteiger partial charge in [-0.25, -0.2) is 10.0 Å². The second-order valence-corrected chi connectivity index (χ2v) is 7.24. The average molecular weight is 347 g/mol. The second-order valence-electron chi connectivity index (χ2n) is 6.26. The molecule has 1 amide bonds. The van der Waals surface area contributed by atoms with Crippen LogP contribution in [0.3, 0.4) is 0 Å². The maximum Gasteiger partial charge on any atom is 0.248 e. The summed E-state index contributed by atoms with van der Waals surface area (Å²) in [6.45, 7) is 3.78. The minimum atomic E-state index is 0.0433. The van der Waals surface area contributed by atoms with Crippen LogP contribution >= 0.6 is 11.3 Å². The van der Waals surface area contributed by atoms with Crippen molar-refractivity contribution in [2.75, 3.05) is 19.7 Å². The van der Waals surface area contributed by atoms with Crippen LogP contribution < -0.4 is 0 Å². The lowest BCUT2D eigenvalue weighted by Gasteiger charge is -2.34. The number of carbonyl (C=O) groups excluding carboxylic acids is 1. The van der Waals surface area contributed by atoms with Gasteiger partial charge in [0.15, 0.2) is 0 Å². The van der Waals surface area contributed by atoms with Gasteiger partial charge in [-0.2, -0.15) is 5.10 Å². The van der Waals surface area contributed by atoms with Crippen molar-refractivity contribution < 1.29 is 9.63 Å². The van der Waals surface area contributed by atoms with E-state index in [1.165, 1.54) is 5.06 Å². The number of thiazole rings is 1. The summed E-state index contributed by atoms with van der Waals surface area (Å²) in [6, 6.07) is 2.07. The zero-order valence-electron chi connectivity index (χ0n) is 13.5. The fourth-order valence-corrected chi connectivity index (χ4v) is 4.01. The lowest BCUT2D eigenvalue weighted by molar-refractivity contribution is -0.198. The van der Waals surface area contributed by atoms with Gasteiger partial charge in [0.05, 0.1) is 31.3 Å². The summed E-state index contributed by atoms with van der Waals surface area (Å²) in [5.41, 5.74) is 1.15. The molecular formula is C16H21N5O2S. The van der Waals surface area contributed by atoms with Gasteiger partial charge in [-0.15, -0.1) is 11.3 Å². The first-order valence-corrected chi connectivity index (χ1v) is 9.24. The summed E-state index contributed by atoms with van der Waals surface area (Å²) in [7, 11) is 0. The lowest BCUT2D eigenvalue weighted by Crippen LogP contribution is -2.42. The van der Waals surface area contributed by atoms with Crippen LogP contribution in [0, 0.1) is 0 Å². The predicted molar refractivity (Wildman–Crippen MR) is 89.0 cm³/mol. The SMILES string of the molecule is O=C(CC1CN(Cc2nccs2)Cc2ccnn21)N1CCCCO1. The third-order valence-corrected chi connectivity index (χ3v) is 5.25. The van der Waals surface area contributed by atoms with Crippen LogP contribution in [0.15, 0.2) is 23.8 Å². The van der Waals surface area contributed by atoms with E-state index in [9.17, 15) is 4.79 Å². The highest BCUT2D eigenvalue weighted by Gasteiger charge is 2.30. The van der Waals surface area contributed by atoms with E-state index < -0.39 is 0 Å². The van der Waals surface area contributed by atoms with E-state index in [1.807, 2.05) is 28.5 Å². The van der Waals surface area contributed by atoms with E-state index in [0.29, 0.717) is 19.6 Å². The van der Waals surface area contributed by atoms with Crippen LogP contribution in [0.1, 0.15) is 36.0 Å². The van der Waals surface area contributed by atoms with Crippen molar-refractivity contribution in [2.24, 2.45) is 0 Å². The molecule has 0 aromatic carbocycles. The molecule has 1 atom stereocenters. The van der Waals surface area contributed by atoms with Crippen molar-refractivity contribution in [3.63, 3.8) is 0 Å². The molecule has 4 heterocycles. The van der Waals surface area contributed by atoms with E-state index >= 15 is 0 Å². The van der Waals surface area contributed by atoms with Crippen molar-refractivity contribution in [2.45, 2.75) is 38.4 Å². The van der Waals surface area contributed by atoms with Crippen LogP contribution in [-0.2, 0) is 22.7 Å². The molecule has 2 aliphatic heterocycles. The van der Waals surface area contributed by atoms with Crippen molar-refractivity contribution in [3.05, 3.63) is 34.5 Å². The normalized spacial score (nSPS) is 21.7. The molecule has 7 nitrogen and oxygen atoms in total. The van der Waals surface area contributed by atoms with Crippen LogP contribution in [-0.4, -0.2) is 50.3 Å². The van der Waals surface area contributed by atoms with E-state index in [-0.39, 0.29) is 11.9 Å². The van der Waals surface area contributed by atoms with Gasteiger partial charge in [0, 0.05) is 37.4 Å². The third kappa shape index (κ3) is 3.35. The quantitative estimate of drug-likeness (QED) is 0.844. The van der Waals surface area contributed by atoms with Gasteiger partial charge in [0.25, 0.3) is 0 Å². The second kappa shape index (κ2) is 7.00. The molecule has 8 heteroatoms. The van der Waals surface area contributed by atoms with Crippen molar-refractivity contribution in [1.29, 1.82) is 0 Å². The number of hydroxylamine groups is 2. The van der Waals surface area contributed by atoms with Gasteiger partial charge < -0.3 is 0 Å². The molecule has 128 valence electrons. The molecule has 0 aliphatic carbocycles. The molecule has 0 saturated carbocycles. The number of rotatable bonds is 4. The summed E-state index contributed by atoms with van der Waals surface area (Å²) in [6.07, 6.45) is 6.11. The Kier molecular flexibility index (Phi) is 4.59. The van der Waals surface area contributed by atoms with Crippen LogP contribution in [0.25, 0.3) is 0 Å². The topological polar surface area (TPSA) is 63.5 Å². The number of aromatic nitrogens is 3. The Morgan fingerprint density at radius 2 is 2.33 bits per heavy atom. The smallest absolute Gasteiger partial charge is 0.248 e. The van der Waals surface area contributed by atoms with Gasteiger partial charge >= 0.3 is 0 Å². The summed E-state index contributed by atoms with van der Waals surface area (Å²) >= 11 is 1.67. The summed E-state index contributed by atoms with van der Waals surface area (Å²) in [5.74, 6) is 0.0530. The Balaban J connectivity index is 1.46. The number of carbonyl (C=O) groups is 1. The zero-order chi connectivity index (χ0) is 16.4. The van der Waals surface area contributed by atoms with Crippen LogP contribution in [0.2, 0.25) is 0 Å². The molecule has 2 aliphatic rings. The van der Waals surface area contributed by atoms with E-state index in [2.05, 4.69) is 15.0 Å². The number of fused-ring (bicyclic) bond motifs is 1. The van der Waals surface area contributed by atoms with E-state index in [0.717, 1.165) is 43.2 Å². The van der Waals surface area contributed by atoms with Gasteiger partial charge in [-0.05, 0) is 18.9 Å². The van der Waals surface area contributed by atoms with Crippen molar-refractivity contribution >= 4 is 17.2 Å². The van der Waals surface area contributed by atoms with Gasteiger partial charge in [0.2, 0.25) is 5.91 Å². The summed E-state index contributed by atoms with van der Waals surface area (Å²) in [4.78, 5) is 24.8. The largest absolute Gasteiger partial charge is 0.289 e. The number of hydrogen-bond donors (Lipinski definition) is 0. The Morgan fingerprint density at radius 1 is 1.38 bits per heavy atom. The summed E-state index contributed by atoms with van der Waals surface area (Å²) in [5, 5.41) is 9.07. The Morgan fingerprint density at radius 3 is 3.12 bits per heavy atom. The molecule has 1 unspecified atom stereocenters. The molecule has 1 fully saturated rings. The number of nitrogens with zero attached hydrogens (tertiary/aromatic N) is 5. The first-order valence-electron chi connectivity index (χ1n) is 8.36. The van der Waals surface area contributed by atoms with Crippen LogP contribution in [0.5, 0.6) is 0 Å². The first-order chi connectivity index (χ1) is 11.8. The molecule has 0 radical (unpaired) electrons. The Hall–Kier alpha value is -1.77. The molecular weight excluding hydrogens is 326 g/mol.